The molecule has 5 heteroatoms. The number of carbonyl (C=O) groups is 1. The smallest absolute Gasteiger partial charge is 0.315 e. The average molecular weight is 321 g/mol. The summed E-state index contributed by atoms with van der Waals surface area (Å²) < 4.78 is 0. The van der Waals surface area contributed by atoms with Crippen LogP contribution in [0.3, 0.4) is 0 Å². The number of amides is 2. The zero-order valence-corrected chi connectivity index (χ0v) is 14.2. The second kappa shape index (κ2) is 7.67. The summed E-state index contributed by atoms with van der Waals surface area (Å²) in [5.74, 6) is 0.742. The summed E-state index contributed by atoms with van der Waals surface area (Å²) in [6.07, 6.45) is 11.3. The van der Waals surface area contributed by atoms with Crippen molar-refractivity contribution in [2.24, 2.45) is 11.8 Å². The van der Waals surface area contributed by atoms with Gasteiger partial charge >= 0.3 is 6.03 Å². The average Bonchev–Trinajstić information content (AvgIpc) is 2.93. The molecule has 0 aromatic heterocycles. The number of rotatable bonds is 5. The van der Waals surface area contributed by atoms with E-state index in [0.29, 0.717) is 5.92 Å². The molecule has 3 rings (SSSR count). The zero-order chi connectivity index (χ0) is 16.2. The highest BCUT2D eigenvalue weighted by Crippen LogP contribution is 2.30. The van der Waals surface area contributed by atoms with Crippen LogP contribution < -0.4 is 10.6 Å². The van der Waals surface area contributed by atoms with Gasteiger partial charge in [0.15, 0.2) is 0 Å². The number of aliphatic hydroxyl groups excluding tert-OH is 1. The van der Waals surface area contributed by atoms with Crippen LogP contribution in [0.2, 0.25) is 0 Å². The summed E-state index contributed by atoms with van der Waals surface area (Å²) >= 11 is 0. The van der Waals surface area contributed by atoms with Gasteiger partial charge in [0.2, 0.25) is 0 Å². The summed E-state index contributed by atoms with van der Waals surface area (Å²) in [6.45, 7) is 4.65. The van der Waals surface area contributed by atoms with Crippen molar-refractivity contribution in [1.29, 1.82) is 0 Å². The van der Waals surface area contributed by atoms with E-state index in [1.165, 1.54) is 38.6 Å². The van der Waals surface area contributed by atoms with Gasteiger partial charge in [-0.15, -0.1) is 0 Å². The number of carbonyl (C=O) groups excluding carboxylic acids is 1. The van der Waals surface area contributed by atoms with Crippen LogP contribution in [0.5, 0.6) is 0 Å². The van der Waals surface area contributed by atoms with Crippen LogP contribution in [0.15, 0.2) is 12.2 Å². The van der Waals surface area contributed by atoms with Crippen molar-refractivity contribution in [2.75, 3.05) is 19.7 Å². The molecule has 0 radical (unpaired) electrons. The van der Waals surface area contributed by atoms with Crippen LogP contribution in [0.25, 0.3) is 0 Å². The summed E-state index contributed by atoms with van der Waals surface area (Å²) in [5, 5.41) is 15.3. The normalized spacial score (nSPS) is 33.2. The van der Waals surface area contributed by atoms with Gasteiger partial charge in [-0.2, -0.15) is 0 Å². The summed E-state index contributed by atoms with van der Waals surface area (Å²) in [7, 11) is 0. The Kier molecular flexibility index (Phi) is 5.59. The van der Waals surface area contributed by atoms with E-state index in [0.717, 1.165) is 19.0 Å². The van der Waals surface area contributed by atoms with E-state index >= 15 is 0 Å². The van der Waals surface area contributed by atoms with Gasteiger partial charge in [-0.3, -0.25) is 0 Å². The van der Waals surface area contributed by atoms with Crippen molar-refractivity contribution in [3.05, 3.63) is 12.2 Å². The monoisotopic (exact) mass is 321 g/mol. The van der Waals surface area contributed by atoms with E-state index in [2.05, 4.69) is 22.5 Å². The molecular weight excluding hydrogens is 290 g/mol. The van der Waals surface area contributed by atoms with Crippen molar-refractivity contribution in [2.45, 2.75) is 63.6 Å². The lowest BCUT2D eigenvalue weighted by Gasteiger charge is -2.43. The molecule has 0 aromatic carbocycles. The SMILES string of the molecule is CC(NC(=O)N[C@@H]1C=C[C@H](CO)C1)C1CCCN(C2CCC2)C1. The van der Waals surface area contributed by atoms with Gasteiger partial charge in [0.1, 0.15) is 0 Å². The van der Waals surface area contributed by atoms with Gasteiger partial charge in [0.05, 0.1) is 0 Å². The van der Waals surface area contributed by atoms with Gasteiger partial charge in [-0.1, -0.05) is 18.6 Å². The standard InChI is InChI=1S/C18H31N3O2/c1-13(15-4-3-9-21(11-15)17-5-2-6-17)19-18(23)20-16-8-7-14(10-16)12-22/h7-8,13-17,22H,2-6,9-12H2,1H3,(H2,19,20,23)/t13?,14-,15?,16+/m0/s1. The second-order valence-electron chi connectivity index (χ2n) is 7.56. The Labute approximate surface area is 139 Å². The fourth-order valence-electron chi connectivity index (χ4n) is 4.08. The molecule has 2 aliphatic carbocycles. The minimum absolute atomic E-state index is 0.0529. The van der Waals surface area contributed by atoms with Crippen molar-refractivity contribution >= 4 is 6.03 Å². The first-order valence-corrected chi connectivity index (χ1v) is 9.26. The molecule has 1 saturated carbocycles. The molecule has 1 aliphatic heterocycles. The van der Waals surface area contributed by atoms with Gasteiger partial charge in [-0.25, -0.2) is 4.79 Å². The highest BCUT2D eigenvalue weighted by Gasteiger charge is 2.32. The highest BCUT2D eigenvalue weighted by atomic mass is 16.3. The maximum Gasteiger partial charge on any atom is 0.315 e. The molecule has 0 aromatic rings. The Morgan fingerprint density at radius 2 is 2.13 bits per heavy atom. The summed E-state index contributed by atoms with van der Waals surface area (Å²) in [4.78, 5) is 14.8. The Hall–Kier alpha value is -1.07. The Balaban J connectivity index is 1.42. The van der Waals surface area contributed by atoms with E-state index in [9.17, 15) is 4.79 Å². The van der Waals surface area contributed by atoms with Crippen LogP contribution in [0, 0.1) is 11.8 Å². The summed E-state index contributed by atoms with van der Waals surface area (Å²) in [5.41, 5.74) is 0. The molecular formula is C18H31N3O2. The topological polar surface area (TPSA) is 64.6 Å². The van der Waals surface area contributed by atoms with E-state index in [4.69, 9.17) is 5.11 Å². The van der Waals surface area contributed by atoms with Crippen molar-refractivity contribution in [3.8, 4) is 0 Å². The van der Waals surface area contributed by atoms with Gasteiger partial charge in [0.25, 0.3) is 0 Å². The maximum absolute atomic E-state index is 12.2. The number of urea groups is 1. The quantitative estimate of drug-likeness (QED) is 0.678. The number of aliphatic hydroxyl groups is 1. The molecule has 2 fully saturated rings. The molecule has 3 aliphatic rings. The fourth-order valence-corrected chi connectivity index (χ4v) is 4.08. The third kappa shape index (κ3) is 4.27. The van der Waals surface area contributed by atoms with Crippen LogP contribution >= 0.6 is 0 Å². The number of piperidine rings is 1. The van der Waals surface area contributed by atoms with Crippen molar-refractivity contribution in [3.63, 3.8) is 0 Å². The first kappa shape index (κ1) is 16.8. The van der Waals surface area contributed by atoms with E-state index in [1.54, 1.807) is 0 Å². The Morgan fingerprint density at radius 1 is 1.30 bits per heavy atom. The molecule has 5 nitrogen and oxygen atoms in total. The fraction of sp³-hybridized carbons (Fsp3) is 0.833. The molecule has 3 N–H and O–H groups in total. The molecule has 2 amide bonds. The lowest BCUT2D eigenvalue weighted by molar-refractivity contribution is 0.0678. The van der Waals surface area contributed by atoms with Gasteiger partial charge in [-0.05, 0) is 51.5 Å². The number of hydrogen-bond donors (Lipinski definition) is 3. The number of nitrogens with zero attached hydrogens (tertiary/aromatic N) is 1. The molecule has 0 bridgehead atoms. The molecule has 130 valence electrons. The largest absolute Gasteiger partial charge is 0.396 e. The lowest BCUT2D eigenvalue weighted by Crippen LogP contribution is -2.52. The van der Waals surface area contributed by atoms with E-state index in [-0.39, 0.29) is 30.6 Å². The van der Waals surface area contributed by atoms with Crippen LogP contribution in [-0.2, 0) is 0 Å². The van der Waals surface area contributed by atoms with E-state index in [1.807, 2.05) is 12.2 Å². The predicted octanol–water partition coefficient (Wildman–Crippen LogP) is 1.88. The van der Waals surface area contributed by atoms with Crippen LogP contribution in [0.4, 0.5) is 4.79 Å². The number of hydrogen-bond acceptors (Lipinski definition) is 3. The molecule has 2 unspecified atom stereocenters. The third-order valence-corrected chi connectivity index (χ3v) is 5.87. The first-order chi connectivity index (χ1) is 11.2. The Bertz CT molecular complexity index is 436. The summed E-state index contributed by atoms with van der Waals surface area (Å²) in [6, 6.07) is 0.985. The molecule has 1 saturated heterocycles. The Morgan fingerprint density at radius 3 is 2.78 bits per heavy atom. The lowest BCUT2D eigenvalue weighted by atomic mass is 9.86. The second-order valence-corrected chi connectivity index (χ2v) is 7.56. The molecule has 4 atom stereocenters. The maximum atomic E-state index is 12.2. The van der Waals surface area contributed by atoms with Gasteiger partial charge < -0.3 is 20.6 Å². The molecule has 0 spiro atoms. The first-order valence-electron chi connectivity index (χ1n) is 9.26. The zero-order valence-electron chi connectivity index (χ0n) is 14.2. The van der Waals surface area contributed by atoms with Gasteiger partial charge in [0, 0.05) is 37.2 Å². The molecule has 23 heavy (non-hydrogen) atoms. The van der Waals surface area contributed by atoms with Crippen LogP contribution in [-0.4, -0.2) is 53.9 Å². The highest BCUT2D eigenvalue weighted by molar-refractivity contribution is 5.74. The minimum Gasteiger partial charge on any atom is -0.396 e. The third-order valence-electron chi connectivity index (χ3n) is 5.87. The molecule has 1 heterocycles. The van der Waals surface area contributed by atoms with E-state index < -0.39 is 0 Å². The number of nitrogens with one attached hydrogen (secondary N) is 2. The van der Waals surface area contributed by atoms with Crippen molar-refractivity contribution < 1.29 is 9.90 Å². The predicted molar refractivity (Wildman–Crippen MR) is 91.2 cm³/mol. The van der Waals surface area contributed by atoms with Crippen molar-refractivity contribution in [1.82, 2.24) is 15.5 Å². The minimum atomic E-state index is -0.0773. The number of likely N-dealkylation sites (tertiary alicyclic amines) is 1. The van der Waals surface area contributed by atoms with Crippen LogP contribution in [0.1, 0.15) is 45.4 Å².